The zero-order valence-electron chi connectivity index (χ0n) is 10.8. The Morgan fingerprint density at radius 2 is 2.11 bits per heavy atom. The van der Waals surface area contributed by atoms with Crippen LogP contribution in [0.25, 0.3) is 0 Å². The number of halogens is 1. The van der Waals surface area contributed by atoms with Crippen molar-refractivity contribution in [1.29, 1.82) is 0 Å². The molecule has 0 amide bonds. The molecule has 1 saturated carbocycles. The average molecular weight is 266 g/mol. The molecule has 3 rings (SSSR count). The van der Waals surface area contributed by atoms with Crippen molar-refractivity contribution in [3.63, 3.8) is 0 Å². The minimum atomic E-state index is 0.389. The number of benzene rings is 1. The molecule has 0 aromatic heterocycles. The normalized spacial score (nSPS) is 25.1. The molecule has 1 aromatic rings. The van der Waals surface area contributed by atoms with Crippen LogP contribution >= 0.6 is 11.6 Å². The highest BCUT2D eigenvalue weighted by molar-refractivity contribution is 6.30. The van der Waals surface area contributed by atoms with E-state index in [4.69, 9.17) is 16.3 Å². The van der Waals surface area contributed by atoms with E-state index in [2.05, 4.69) is 12.2 Å². The first-order valence-electron chi connectivity index (χ1n) is 6.87. The Kier molecular flexibility index (Phi) is 3.49. The molecule has 0 unspecified atom stereocenters. The highest BCUT2D eigenvalue weighted by Gasteiger charge is 2.39. The molecule has 1 aliphatic heterocycles. The van der Waals surface area contributed by atoms with Gasteiger partial charge < -0.3 is 10.1 Å². The summed E-state index contributed by atoms with van der Waals surface area (Å²) in [4.78, 5) is 0. The fourth-order valence-electron chi connectivity index (χ4n) is 2.85. The van der Waals surface area contributed by atoms with Crippen LogP contribution < -0.4 is 10.1 Å². The molecule has 1 heterocycles. The van der Waals surface area contributed by atoms with Crippen LogP contribution in [-0.4, -0.2) is 19.2 Å². The number of rotatable bonds is 4. The van der Waals surface area contributed by atoms with Gasteiger partial charge in [0, 0.05) is 17.5 Å². The van der Waals surface area contributed by atoms with E-state index in [0.717, 1.165) is 35.3 Å². The van der Waals surface area contributed by atoms with E-state index in [1.165, 1.54) is 19.3 Å². The topological polar surface area (TPSA) is 21.3 Å². The summed E-state index contributed by atoms with van der Waals surface area (Å²) in [6.07, 6.45) is 4.29. The summed E-state index contributed by atoms with van der Waals surface area (Å²) in [6, 6.07) is 5.91. The summed E-state index contributed by atoms with van der Waals surface area (Å²) >= 11 is 5.99. The summed E-state index contributed by atoms with van der Waals surface area (Å²) in [6.45, 7) is 4.31. The standard InChI is InChI=1S/C15H20ClNO/c1-10-8-13(16)4-5-14(10)18-15(11-2-3-11)12-6-7-17-9-12/h4-5,8,11-12,15,17H,2-3,6-7,9H2,1H3/t12-,15-/m1/s1. The predicted molar refractivity (Wildman–Crippen MR) is 74.3 cm³/mol. The van der Waals surface area contributed by atoms with Gasteiger partial charge in [0.25, 0.3) is 0 Å². The number of ether oxygens (including phenoxy) is 1. The Morgan fingerprint density at radius 3 is 2.72 bits per heavy atom. The maximum Gasteiger partial charge on any atom is 0.122 e. The van der Waals surface area contributed by atoms with Gasteiger partial charge in [-0.25, -0.2) is 0 Å². The largest absolute Gasteiger partial charge is 0.490 e. The zero-order chi connectivity index (χ0) is 12.5. The van der Waals surface area contributed by atoms with Crippen molar-refractivity contribution >= 4 is 11.6 Å². The van der Waals surface area contributed by atoms with Gasteiger partial charge in [0.1, 0.15) is 11.9 Å². The first-order valence-corrected chi connectivity index (χ1v) is 7.25. The van der Waals surface area contributed by atoms with Crippen LogP contribution in [-0.2, 0) is 0 Å². The van der Waals surface area contributed by atoms with Gasteiger partial charge in [-0.1, -0.05) is 11.6 Å². The molecular weight excluding hydrogens is 246 g/mol. The van der Waals surface area contributed by atoms with Gasteiger partial charge in [0.05, 0.1) is 0 Å². The summed E-state index contributed by atoms with van der Waals surface area (Å²) in [5.41, 5.74) is 1.14. The van der Waals surface area contributed by atoms with E-state index in [1.54, 1.807) is 0 Å². The molecule has 18 heavy (non-hydrogen) atoms. The van der Waals surface area contributed by atoms with Gasteiger partial charge in [-0.15, -0.1) is 0 Å². The SMILES string of the molecule is Cc1cc(Cl)ccc1O[C@H](C1CC1)[C@@H]1CCNC1. The molecule has 2 nitrogen and oxygen atoms in total. The van der Waals surface area contributed by atoms with Crippen molar-refractivity contribution in [2.24, 2.45) is 11.8 Å². The highest BCUT2D eigenvalue weighted by atomic mass is 35.5. The summed E-state index contributed by atoms with van der Waals surface area (Å²) < 4.78 is 6.31. The lowest BCUT2D eigenvalue weighted by molar-refractivity contribution is 0.120. The van der Waals surface area contributed by atoms with Crippen molar-refractivity contribution in [2.75, 3.05) is 13.1 Å². The minimum absolute atomic E-state index is 0.389. The molecule has 1 N–H and O–H groups in total. The van der Waals surface area contributed by atoms with Crippen molar-refractivity contribution in [2.45, 2.75) is 32.3 Å². The van der Waals surface area contributed by atoms with Gasteiger partial charge in [-0.3, -0.25) is 0 Å². The van der Waals surface area contributed by atoms with Gasteiger partial charge >= 0.3 is 0 Å². The second-order valence-electron chi connectivity index (χ2n) is 5.58. The number of hydrogen-bond acceptors (Lipinski definition) is 2. The fraction of sp³-hybridized carbons (Fsp3) is 0.600. The van der Waals surface area contributed by atoms with E-state index in [-0.39, 0.29) is 0 Å². The lowest BCUT2D eigenvalue weighted by Gasteiger charge is -2.25. The fourth-order valence-corrected chi connectivity index (χ4v) is 3.08. The van der Waals surface area contributed by atoms with Crippen LogP contribution in [0.4, 0.5) is 0 Å². The number of hydrogen-bond donors (Lipinski definition) is 1. The minimum Gasteiger partial charge on any atom is -0.490 e. The lowest BCUT2D eigenvalue weighted by Crippen LogP contribution is -2.31. The van der Waals surface area contributed by atoms with E-state index in [1.807, 2.05) is 18.2 Å². The monoisotopic (exact) mass is 265 g/mol. The van der Waals surface area contributed by atoms with Crippen LogP contribution in [0.3, 0.4) is 0 Å². The third-order valence-corrected chi connectivity index (χ3v) is 4.28. The molecule has 1 saturated heterocycles. The highest BCUT2D eigenvalue weighted by Crippen LogP contribution is 2.40. The Morgan fingerprint density at radius 1 is 1.28 bits per heavy atom. The molecule has 98 valence electrons. The first-order chi connectivity index (χ1) is 8.74. The van der Waals surface area contributed by atoms with Crippen molar-refractivity contribution in [3.8, 4) is 5.75 Å². The van der Waals surface area contributed by atoms with E-state index >= 15 is 0 Å². The Bertz CT molecular complexity index is 425. The van der Waals surface area contributed by atoms with Crippen LogP contribution in [0, 0.1) is 18.8 Å². The van der Waals surface area contributed by atoms with E-state index in [9.17, 15) is 0 Å². The quantitative estimate of drug-likeness (QED) is 0.901. The Balaban J connectivity index is 1.75. The van der Waals surface area contributed by atoms with Crippen molar-refractivity contribution in [1.82, 2.24) is 5.32 Å². The van der Waals surface area contributed by atoms with Gasteiger partial charge in [0.2, 0.25) is 0 Å². The number of aryl methyl sites for hydroxylation is 1. The Labute approximate surface area is 114 Å². The molecule has 3 heteroatoms. The number of nitrogens with one attached hydrogen (secondary N) is 1. The van der Waals surface area contributed by atoms with Gasteiger partial charge in [-0.05, 0) is 62.4 Å². The predicted octanol–water partition coefficient (Wildman–Crippen LogP) is 3.42. The average Bonchev–Trinajstić information content (AvgIpc) is 3.03. The van der Waals surface area contributed by atoms with E-state index < -0.39 is 0 Å². The molecule has 2 atom stereocenters. The molecule has 1 aromatic carbocycles. The summed E-state index contributed by atoms with van der Waals surface area (Å²) in [7, 11) is 0. The second-order valence-corrected chi connectivity index (χ2v) is 6.02. The molecule has 0 bridgehead atoms. The maximum absolute atomic E-state index is 6.31. The molecule has 1 aliphatic carbocycles. The van der Waals surface area contributed by atoms with Crippen LogP contribution in [0.2, 0.25) is 5.02 Å². The zero-order valence-corrected chi connectivity index (χ0v) is 11.5. The summed E-state index contributed by atoms with van der Waals surface area (Å²) in [5.74, 6) is 2.45. The van der Waals surface area contributed by atoms with Crippen LogP contribution in [0.15, 0.2) is 18.2 Å². The van der Waals surface area contributed by atoms with E-state index in [0.29, 0.717) is 12.0 Å². The Hall–Kier alpha value is -0.730. The van der Waals surface area contributed by atoms with Gasteiger partial charge in [-0.2, -0.15) is 0 Å². The second kappa shape index (κ2) is 5.10. The lowest BCUT2D eigenvalue weighted by atomic mass is 9.97. The summed E-state index contributed by atoms with van der Waals surface area (Å²) in [5, 5.41) is 4.23. The third kappa shape index (κ3) is 2.65. The maximum atomic E-state index is 6.31. The van der Waals surface area contributed by atoms with Crippen LogP contribution in [0.5, 0.6) is 5.75 Å². The van der Waals surface area contributed by atoms with Crippen molar-refractivity contribution in [3.05, 3.63) is 28.8 Å². The first kappa shape index (κ1) is 12.3. The molecular formula is C15H20ClNO. The van der Waals surface area contributed by atoms with Crippen LogP contribution in [0.1, 0.15) is 24.8 Å². The smallest absolute Gasteiger partial charge is 0.122 e. The molecule has 2 fully saturated rings. The molecule has 0 radical (unpaired) electrons. The third-order valence-electron chi connectivity index (χ3n) is 4.05. The molecule has 0 spiro atoms. The molecule has 2 aliphatic rings. The van der Waals surface area contributed by atoms with Gasteiger partial charge in [0.15, 0.2) is 0 Å². The van der Waals surface area contributed by atoms with Crippen molar-refractivity contribution < 1.29 is 4.74 Å².